The maximum absolute atomic E-state index is 12.2. The van der Waals surface area contributed by atoms with Crippen molar-refractivity contribution in [3.63, 3.8) is 0 Å². The topological polar surface area (TPSA) is 93.7 Å². The number of hydrogen-bond donors (Lipinski definition) is 2. The lowest BCUT2D eigenvalue weighted by atomic mass is 9.97. The van der Waals surface area contributed by atoms with Crippen molar-refractivity contribution < 1.29 is 23.9 Å². The number of alkyl carbamates (subject to hydrolysis) is 1. The fourth-order valence-electron chi connectivity index (χ4n) is 3.33. The predicted molar refractivity (Wildman–Crippen MR) is 114 cm³/mol. The lowest BCUT2D eigenvalue weighted by Gasteiger charge is -2.20. The summed E-state index contributed by atoms with van der Waals surface area (Å²) in [5, 5.41) is 5.64. The van der Waals surface area contributed by atoms with Crippen LogP contribution in [0.5, 0.6) is 0 Å². The van der Waals surface area contributed by atoms with Gasteiger partial charge in [-0.1, -0.05) is 44.2 Å². The Labute approximate surface area is 178 Å². The van der Waals surface area contributed by atoms with E-state index in [9.17, 15) is 14.4 Å². The van der Waals surface area contributed by atoms with E-state index in [0.717, 1.165) is 31.2 Å². The SMILES string of the molecule is CC(C)(C)OC(=O)NCc1ccc(C(=O)OCC(=O)NC2CCCCCCC2)cc1. The molecule has 2 rings (SSSR count). The molecular weight excluding hydrogens is 384 g/mol. The molecule has 1 aliphatic carbocycles. The highest BCUT2D eigenvalue weighted by Crippen LogP contribution is 2.17. The highest BCUT2D eigenvalue weighted by atomic mass is 16.6. The van der Waals surface area contributed by atoms with Crippen LogP contribution in [0.15, 0.2) is 24.3 Å². The van der Waals surface area contributed by atoms with Crippen LogP contribution in [0.2, 0.25) is 0 Å². The van der Waals surface area contributed by atoms with E-state index >= 15 is 0 Å². The second-order valence-electron chi connectivity index (χ2n) is 8.74. The average Bonchev–Trinajstić information content (AvgIpc) is 2.65. The largest absolute Gasteiger partial charge is 0.452 e. The number of amides is 2. The zero-order chi connectivity index (χ0) is 22.0. The molecule has 1 aromatic carbocycles. The number of rotatable bonds is 6. The highest BCUT2D eigenvalue weighted by Gasteiger charge is 2.17. The third kappa shape index (κ3) is 9.29. The van der Waals surface area contributed by atoms with Gasteiger partial charge >= 0.3 is 12.1 Å². The summed E-state index contributed by atoms with van der Waals surface area (Å²) in [6.45, 7) is 5.40. The molecule has 2 N–H and O–H groups in total. The monoisotopic (exact) mass is 418 g/mol. The van der Waals surface area contributed by atoms with Gasteiger partial charge in [-0.05, 0) is 51.3 Å². The molecule has 0 bridgehead atoms. The van der Waals surface area contributed by atoms with E-state index in [2.05, 4.69) is 10.6 Å². The smallest absolute Gasteiger partial charge is 0.407 e. The molecule has 0 aromatic heterocycles. The van der Waals surface area contributed by atoms with Crippen molar-refractivity contribution in [1.29, 1.82) is 0 Å². The standard InChI is InChI=1S/C23H34N2O5/c1-23(2,3)30-22(28)24-15-17-11-13-18(14-12-17)21(27)29-16-20(26)25-19-9-7-5-4-6-8-10-19/h11-14,19H,4-10,15-16H2,1-3H3,(H,24,28)(H,25,26). The fraction of sp³-hybridized carbons (Fsp3) is 0.609. The van der Waals surface area contributed by atoms with E-state index < -0.39 is 17.7 Å². The van der Waals surface area contributed by atoms with Crippen LogP contribution in [-0.2, 0) is 20.8 Å². The van der Waals surface area contributed by atoms with Gasteiger partial charge in [0.15, 0.2) is 6.61 Å². The van der Waals surface area contributed by atoms with Crippen molar-refractivity contribution in [2.45, 2.75) is 83.9 Å². The molecule has 7 heteroatoms. The summed E-state index contributed by atoms with van der Waals surface area (Å²) in [5.41, 5.74) is 0.619. The molecule has 7 nitrogen and oxygen atoms in total. The maximum atomic E-state index is 12.2. The van der Waals surface area contributed by atoms with Gasteiger partial charge in [-0.3, -0.25) is 4.79 Å². The molecular formula is C23H34N2O5. The summed E-state index contributed by atoms with van der Waals surface area (Å²) in [7, 11) is 0. The average molecular weight is 419 g/mol. The fourth-order valence-corrected chi connectivity index (χ4v) is 3.33. The van der Waals surface area contributed by atoms with Crippen molar-refractivity contribution in [2.75, 3.05) is 6.61 Å². The van der Waals surface area contributed by atoms with Gasteiger partial charge in [-0.25, -0.2) is 9.59 Å². The normalized spacial score (nSPS) is 15.4. The number of esters is 1. The van der Waals surface area contributed by atoms with Crippen LogP contribution < -0.4 is 10.6 Å². The Hall–Kier alpha value is -2.57. The molecule has 0 aliphatic heterocycles. The summed E-state index contributed by atoms with van der Waals surface area (Å²) >= 11 is 0. The molecule has 1 fully saturated rings. The Morgan fingerprint density at radius 3 is 2.17 bits per heavy atom. The van der Waals surface area contributed by atoms with Gasteiger partial charge in [-0.2, -0.15) is 0 Å². The first kappa shape index (κ1) is 23.7. The number of carbonyl (C=O) groups is 3. The molecule has 1 aliphatic rings. The summed E-state index contributed by atoms with van der Waals surface area (Å²) < 4.78 is 10.3. The first-order valence-corrected chi connectivity index (χ1v) is 10.8. The minimum Gasteiger partial charge on any atom is -0.452 e. The molecule has 1 saturated carbocycles. The third-order valence-electron chi connectivity index (χ3n) is 4.83. The first-order valence-electron chi connectivity index (χ1n) is 10.8. The maximum Gasteiger partial charge on any atom is 0.407 e. The van der Waals surface area contributed by atoms with Gasteiger partial charge in [0.25, 0.3) is 5.91 Å². The molecule has 0 saturated heterocycles. The molecule has 0 radical (unpaired) electrons. The van der Waals surface area contributed by atoms with Gasteiger partial charge in [-0.15, -0.1) is 0 Å². The summed E-state index contributed by atoms with van der Waals surface area (Å²) in [5.74, 6) is -0.804. The van der Waals surface area contributed by atoms with Gasteiger partial charge in [0.05, 0.1) is 5.56 Å². The molecule has 30 heavy (non-hydrogen) atoms. The lowest BCUT2D eigenvalue weighted by Crippen LogP contribution is -2.38. The van der Waals surface area contributed by atoms with E-state index in [1.165, 1.54) is 19.3 Å². The van der Waals surface area contributed by atoms with E-state index in [4.69, 9.17) is 9.47 Å². The Morgan fingerprint density at radius 1 is 0.967 bits per heavy atom. The van der Waals surface area contributed by atoms with E-state index in [-0.39, 0.29) is 25.1 Å². The van der Waals surface area contributed by atoms with Crippen LogP contribution in [0, 0.1) is 0 Å². The molecule has 1 aromatic rings. The zero-order valence-corrected chi connectivity index (χ0v) is 18.3. The third-order valence-corrected chi connectivity index (χ3v) is 4.83. The van der Waals surface area contributed by atoms with Gasteiger partial charge in [0.2, 0.25) is 0 Å². The molecule has 0 atom stereocenters. The molecule has 0 unspecified atom stereocenters. The van der Waals surface area contributed by atoms with Crippen molar-refractivity contribution in [1.82, 2.24) is 10.6 Å². The lowest BCUT2D eigenvalue weighted by molar-refractivity contribution is -0.125. The van der Waals surface area contributed by atoms with E-state index in [1.807, 2.05) is 0 Å². The summed E-state index contributed by atoms with van der Waals surface area (Å²) in [6.07, 6.45) is 7.42. The van der Waals surface area contributed by atoms with Crippen LogP contribution in [-0.4, -0.2) is 36.2 Å². The zero-order valence-electron chi connectivity index (χ0n) is 18.3. The Morgan fingerprint density at radius 2 is 1.57 bits per heavy atom. The van der Waals surface area contributed by atoms with E-state index in [0.29, 0.717) is 5.56 Å². The predicted octanol–water partition coefficient (Wildman–Crippen LogP) is 4.10. The Balaban J connectivity index is 1.73. The van der Waals surface area contributed by atoms with Gasteiger partial charge in [0.1, 0.15) is 5.60 Å². The van der Waals surface area contributed by atoms with Crippen LogP contribution >= 0.6 is 0 Å². The number of carbonyl (C=O) groups excluding carboxylic acids is 3. The number of hydrogen-bond acceptors (Lipinski definition) is 5. The van der Waals surface area contributed by atoms with Crippen LogP contribution in [0.4, 0.5) is 4.79 Å². The molecule has 2 amide bonds. The Kier molecular flexibility index (Phi) is 9.15. The molecule has 0 spiro atoms. The highest BCUT2D eigenvalue weighted by molar-refractivity contribution is 5.91. The second-order valence-corrected chi connectivity index (χ2v) is 8.74. The van der Waals surface area contributed by atoms with Crippen molar-refractivity contribution in [3.8, 4) is 0 Å². The number of nitrogens with one attached hydrogen (secondary N) is 2. The van der Waals surface area contributed by atoms with Crippen LogP contribution in [0.3, 0.4) is 0 Å². The summed E-state index contributed by atoms with van der Waals surface area (Å²) in [4.78, 5) is 36.0. The second kappa shape index (κ2) is 11.6. The summed E-state index contributed by atoms with van der Waals surface area (Å²) in [6, 6.07) is 6.85. The van der Waals surface area contributed by atoms with Crippen LogP contribution in [0.25, 0.3) is 0 Å². The van der Waals surface area contributed by atoms with E-state index in [1.54, 1.807) is 45.0 Å². The quantitative estimate of drug-likeness (QED) is 0.679. The van der Waals surface area contributed by atoms with Crippen molar-refractivity contribution >= 4 is 18.0 Å². The minimum atomic E-state index is -0.556. The van der Waals surface area contributed by atoms with Crippen molar-refractivity contribution in [2.24, 2.45) is 0 Å². The number of ether oxygens (including phenoxy) is 2. The molecule has 0 heterocycles. The first-order chi connectivity index (χ1) is 14.2. The number of benzene rings is 1. The molecule has 166 valence electrons. The van der Waals surface area contributed by atoms with Crippen molar-refractivity contribution in [3.05, 3.63) is 35.4 Å². The van der Waals surface area contributed by atoms with Gasteiger partial charge in [0, 0.05) is 12.6 Å². The van der Waals surface area contributed by atoms with Gasteiger partial charge < -0.3 is 20.1 Å². The minimum absolute atomic E-state index is 0.174. The van der Waals surface area contributed by atoms with Crippen LogP contribution in [0.1, 0.15) is 81.6 Å². The Bertz CT molecular complexity index is 701.